The molecule has 0 aromatic heterocycles. The number of methoxy groups -OCH3 is 3. The van der Waals surface area contributed by atoms with Crippen molar-refractivity contribution >= 4 is 30.1 Å². The highest BCUT2D eigenvalue weighted by Gasteiger charge is 2.56. The van der Waals surface area contributed by atoms with Gasteiger partial charge in [0, 0.05) is 24.3 Å². The second kappa shape index (κ2) is 23.2. The third-order valence-electron chi connectivity index (χ3n) is 11.9. The largest absolute Gasteiger partial charge is 0.468 e. The number of benzene rings is 2. The lowest BCUT2D eigenvalue weighted by molar-refractivity contribution is -0.147. The number of carbonyl (C=O) groups excluding carboxylic acids is 5. The van der Waals surface area contributed by atoms with Crippen molar-refractivity contribution < 1.29 is 62.2 Å². The Morgan fingerprint density at radius 2 is 1.16 bits per heavy atom. The van der Waals surface area contributed by atoms with E-state index in [-0.39, 0.29) is 81.9 Å². The topological polar surface area (TPSA) is 189 Å². The Labute approximate surface area is 378 Å². The summed E-state index contributed by atoms with van der Waals surface area (Å²) in [6.07, 6.45) is 0.105. The van der Waals surface area contributed by atoms with E-state index in [0.29, 0.717) is 19.4 Å². The zero-order valence-corrected chi connectivity index (χ0v) is 37.1. The molecular weight excluding hydrogens is 827 g/mol. The predicted octanol–water partition coefficient (Wildman–Crippen LogP) is 6.07. The molecule has 64 heavy (non-hydrogen) atoms. The molecule has 0 radical (unpaired) electrons. The Bertz CT molecular complexity index is 1880. The number of allylic oxidation sites excluding steroid dienone is 1. The number of hydrogen-bond donors (Lipinski definition) is 2. The monoisotopic (exact) mass is 897 g/mol. The third-order valence-corrected chi connectivity index (χ3v) is 11.9. The number of nitrogens with zero attached hydrogens (tertiary/aromatic N) is 2. The Morgan fingerprint density at radius 3 is 1.64 bits per heavy atom. The van der Waals surface area contributed by atoms with Crippen LogP contribution in [0.5, 0.6) is 0 Å². The van der Waals surface area contributed by atoms with E-state index in [4.69, 9.17) is 33.2 Å². The number of esters is 3. The molecule has 356 valence electrons. The summed E-state index contributed by atoms with van der Waals surface area (Å²) in [5.74, 6) is -1.37. The van der Waals surface area contributed by atoms with Crippen LogP contribution >= 0.6 is 0 Å². The molecule has 5 fully saturated rings. The fourth-order valence-electron chi connectivity index (χ4n) is 9.19. The molecule has 2 amide bonds. The zero-order chi connectivity index (χ0) is 45.4. The molecule has 7 rings (SSSR count). The number of amides is 2. The van der Waals surface area contributed by atoms with Gasteiger partial charge in [-0.05, 0) is 65.0 Å². The van der Waals surface area contributed by atoms with Crippen molar-refractivity contribution in [3.63, 3.8) is 0 Å². The Balaban J connectivity index is 0.000000260. The first-order chi connectivity index (χ1) is 29.4. The van der Waals surface area contributed by atoms with Crippen molar-refractivity contribution in [2.75, 3.05) is 41.0 Å². The number of β-amino-alcohol motifs (C(OH)–C–C–N with tert-alkyl or cyclic N) is 1. The van der Waals surface area contributed by atoms with Crippen molar-refractivity contribution in [3.8, 4) is 0 Å². The summed E-state index contributed by atoms with van der Waals surface area (Å²) in [5.41, 5.74) is 2.19. The van der Waals surface area contributed by atoms with E-state index in [2.05, 4.69) is 25.7 Å². The lowest BCUT2D eigenvalue weighted by Crippen LogP contribution is -2.45. The number of nitrogens with one attached hydrogen (secondary N) is 1. The number of ether oxygens (including phenoxy) is 7. The maximum atomic E-state index is 12.5. The van der Waals surface area contributed by atoms with Gasteiger partial charge in [-0.1, -0.05) is 81.1 Å². The molecule has 5 saturated heterocycles. The van der Waals surface area contributed by atoms with Gasteiger partial charge in [0.25, 0.3) is 0 Å². The highest BCUT2D eigenvalue weighted by molar-refractivity contribution is 5.83. The summed E-state index contributed by atoms with van der Waals surface area (Å²) >= 11 is 0. The average Bonchev–Trinajstić information content (AvgIpc) is 4.03. The number of hydrogen-bond acceptors (Lipinski definition) is 14. The van der Waals surface area contributed by atoms with Crippen LogP contribution in [0.4, 0.5) is 9.59 Å². The maximum absolute atomic E-state index is 12.5. The molecule has 2 aromatic rings. The fourth-order valence-corrected chi connectivity index (χ4v) is 9.19. The maximum Gasteiger partial charge on any atom is 0.410 e. The lowest BCUT2D eigenvalue weighted by Gasteiger charge is -2.27. The number of aliphatic hydroxyl groups is 1. The molecule has 5 heterocycles. The summed E-state index contributed by atoms with van der Waals surface area (Å²) in [6, 6.07) is 17.0. The van der Waals surface area contributed by atoms with Gasteiger partial charge >= 0.3 is 30.1 Å². The average molecular weight is 898 g/mol. The van der Waals surface area contributed by atoms with E-state index >= 15 is 0 Å². The Morgan fingerprint density at radius 1 is 0.703 bits per heavy atom. The molecule has 2 N–H and O–H groups in total. The van der Waals surface area contributed by atoms with Gasteiger partial charge in [-0.15, -0.1) is 6.58 Å². The molecular formula is C48H71N3O13. The highest BCUT2D eigenvalue weighted by atomic mass is 16.6. The quantitative estimate of drug-likeness (QED) is 0.168. The first-order valence-corrected chi connectivity index (χ1v) is 21.0. The Hall–Kier alpha value is -5.03. The summed E-state index contributed by atoms with van der Waals surface area (Å²) in [5, 5.41) is 13.4. The summed E-state index contributed by atoms with van der Waals surface area (Å²) in [6.45, 7) is 15.2. The van der Waals surface area contributed by atoms with Gasteiger partial charge in [-0.2, -0.15) is 0 Å². The Kier molecular flexibility index (Phi) is 19.4. The van der Waals surface area contributed by atoms with E-state index in [9.17, 15) is 29.1 Å². The summed E-state index contributed by atoms with van der Waals surface area (Å²) < 4.78 is 36.9. The van der Waals surface area contributed by atoms with Crippen LogP contribution in [0.15, 0.2) is 72.8 Å². The molecule has 0 aliphatic carbocycles. The van der Waals surface area contributed by atoms with Gasteiger partial charge in [0.15, 0.2) is 0 Å². The molecule has 16 nitrogen and oxygen atoms in total. The van der Waals surface area contributed by atoms with E-state index in [1.54, 1.807) is 0 Å². The first-order valence-electron chi connectivity index (χ1n) is 21.0. The van der Waals surface area contributed by atoms with Crippen LogP contribution in [0.2, 0.25) is 0 Å². The second-order valence-corrected chi connectivity index (χ2v) is 17.7. The van der Waals surface area contributed by atoms with Crippen molar-refractivity contribution in [1.82, 2.24) is 15.1 Å². The zero-order valence-electron chi connectivity index (χ0n) is 37.1. The number of carbonyl (C=O) groups is 5. The van der Waals surface area contributed by atoms with Gasteiger partial charge in [0.05, 0.1) is 63.9 Å². The van der Waals surface area contributed by atoms with Crippen molar-refractivity contribution in [2.45, 2.75) is 130 Å². The van der Waals surface area contributed by atoms with Crippen LogP contribution in [-0.2, 0) is 60.8 Å². The second-order valence-electron chi connectivity index (χ2n) is 17.7. The molecule has 0 spiro atoms. The minimum Gasteiger partial charge on any atom is -0.468 e. The normalized spacial score (nSPS) is 27.6. The smallest absolute Gasteiger partial charge is 0.410 e. The van der Waals surface area contributed by atoms with Crippen LogP contribution in [0, 0.1) is 17.8 Å². The van der Waals surface area contributed by atoms with Crippen molar-refractivity contribution in [3.05, 3.63) is 83.9 Å². The molecule has 0 saturated carbocycles. The van der Waals surface area contributed by atoms with E-state index in [1.165, 1.54) is 31.1 Å². The standard InChI is InChI=1S/2C18H23NO5.C10H17NO3.2CH4/c1-18(2)9-13-14(24-18)10-19(15(13)16(20)22-3)17(21)23-11-12-7-5-4-6-8-12;1-12(2)9-14-15(20)10-19(16(14)17(21)23-3)18(22)24-11-13-7-5-4-6-8-13;1-10(2)4-6-7(14-10)5-11-8(6)9(12)13-3;;/h4-8,13-15H,9-11H2,1-3H3;4-8,14-16,20H,1,9-11H2,2-3H3;6-8,11H,4-5H2,1-3H3;2*1H4/t13-,14?,15?;14?,15-,16?;6-,7?,8?;;/m000../s1. The molecule has 5 aliphatic rings. The van der Waals surface area contributed by atoms with E-state index < -0.39 is 48.2 Å². The lowest BCUT2D eigenvalue weighted by atomic mass is 9.90. The van der Waals surface area contributed by atoms with Gasteiger partial charge in [0.2, 0.25) is 0 Å². The van der Waals surface area contributed by atoms with Crippen LogP contribution < -0.4 is 5.32 Å². The molecule has 6 unspecified atom stereocenters. The molecule has 5 aliphatic heterocycles. The van der Waals surface area contributed by atoms with Gasteiger partial charge in [-0.25, -0.2) is 19.2 Å². The number of rotatable bonds is 9. The van der Waals surface area contributed by atoms with Gasteiger partial charge in [0.1, 0.15) is 31.3 Å². The summed E-state index contributed by atoms with van der Waals surface area (Å²) in [4.78, 5) is 63.3. The predicted molar refractivity (Wildman–Crippen MR) is 239 cm³/mol. The highest BCUT2D eigenvalue weighted by Crippen LogP contribution is 2.43. The SMILES string of the molecule is C.C.C=C(C)CC1C(C(=O)OC)N(C(=O)OCc2ccccc2)C[C@@H]1O.COC(=O)C1NCC2OC(C)(C)C[C@@H]21.COC(=O)C1[C@H]2CC(C)(C)OC2CN1C(=O)OCc1ccccc1. The van der Waals surface area contributed by atoms with Crippen LogP contribution in [0.25, 0.3) is 0 Å². The van der Waals surface area contributed by atoms with Gasteiger partial charge in [-0.3, -0.25) is 14.6 Å². The first kappa shape index (κ1) is 53.3. The number of aliphatic hydroxyl groups excluding tert-OH is 1. The molecule has 0 bridgehead atoms. The fraction of sp³-hybridized carbons (Fsp3) is 0.604. The number of likely N-dealkylation sites (tertiary alicyclic amines) is 2. The van der Waals surface area contributed by atoms with Crippen LogP contribution in [0.3, 0.4) is 0 Å². The van der Waals surface area contributed by atoms with Crippen molar-refractivity contribution in [2.24, 2.45) is 17.8 Å². The molecule has 9 atom stereocenters. The molecule has 16 heteroatoms. The van der Waals surface area contributed by atoms with E-state index in [1.807, 2.05) is 81.4 Å². The number of fused-ring (bicyclic) bond motifs is 2. The van der Waals surface area contributed by atoms with Crippen molar-refractivity contribution in [1.29, 1.82) is 0 Å². The minimum absolute atomic E-state index is 0. The molecule has 2 aromatic carbocycles. The van der Waals surface area contributed by atoms with E-state index in [0.717, 1.165) is 29.7 Å². The summed E-state index contributed by atoms with van der Waals surface area (Å²) in [7, 11) is 4.03. The third kappa shape index (κ3) is 13.3. The van der Waals surface area contributed by atoms with Gasteiger partial charge < -0.3 is 43.6 Å². The van der Waals surface area contributed by atoms with Crippen LogP contribution in [0.1, 0.15) is 79.9 Å². The minimum atomic E-state index is -0.870. The van der Waals surface area contributed by atoms with Crippen LogP contribution in [-0.4, -0.2) is 134 Å².